The van der Waals surface area contributed by atoms with E-state index in [-0.39, 0.29) is 11.4 Å². The van der Waals surface area contributed by atoms with Crippen LogP contribution in [0, 0.1) is 0 Å². The van der Waals surface area contributed by atoms with Crippen molar-refractivity contribution in [3.05, 3.63) is 52.5 Å². The summed E-state index contributed by atoms with van der Waals surface area (Å²) in [5.74, 6) is 0.0205. The van der Waals surface area contributed by atoms with Gasteiger partial charge in [0.15, 0.2) is 11.5 Å². The molecule has 2 N–H and O–H groups in total. The normalized spacial score (nSPS) is 18.9. The first-order chi connectivity index (χ1) is 13.0. The third-order valence-corrected chi connectivity index (χ3v) is 4.93. The summed E-state index contributed by atoms with van der Waals surface area (Å²) in [5.41, 5.74) is 2.00. The topological polar surface area (TPSA) is 77.0 Å². The van der Waals surface area contributed by atoms with Crippen molar-refractivity contribution in [3.63, 3.8) is 0 Å². The molecule has 0 saturated heterocycles. The Morgan fingerprint density at radius 1 is 1.22 bits per heavy atom. The highest BCUT2D eigenvalue weighted by atomic mass is 35.5. The van der Waals surface area contributed by atoms with Crippen LogP contribution in [0.25, 0.3) is 0 Å². The highest BCUT2D eigenvalue weighted by molar-refractivity contribution is 7.80. The maximum Gasteiger partial charge on any atom is 0.306 e. The van der Waals surface area contributed by atoms with E-state index in [2.05, 4.69) is 5.32 Å². The molecule has 0 amide bonds. The van der Waals surface area contributed by atoms with Gasteiger partial charge in [-0.15, -0.1) is 0 Å². The third kappa shape index (κ3) is 3.85. The Bertz CT molecular complexity index is 888. The summed E-state index contributed by atoms with van der Waals surface area (Å²) in [6.45, 7) is 0. The van der Waals surface area contributed by atoms with Gasteiger partial charge >= 0.3 is 5.97 Å². The van der Waals surface area contributed by atoms with E-state index in [4.69, 9.17) is 38.0 Å². The fraction of sp³-hybridized carbons (Fsp3) is 0.263. The monoisotopic (exact) mass is 407 g/mol. The number of carboxylic acids is 1. The van der Waals surface area contributed by atoms with Crippen molar-refractivity contribution in [3.8, 4) is 11.5 Å². The van der Waals surface area contributed by atoms with Crippen LogP contribution in [0.15, 0.2) is 36.4 Å². The first-order valence-corrected chi connectivity index (χ1v) is 8.92. The highest BCUT2D eigenvalue weighted by Gasteiger charge is 2.33. The van der Waals surface area contributed by atoms with Gasteiger partial charge in [0, 0.05) is 11.1 Å². The Hall–Kier alpha value is -2.35. The minimum absolute atomic E-state index is 0.260. The van der Waals surface area contributed by atoms with Crippen LogP contribution in [0.1, 0.15) is 23.7 Å². The van der Waals surface area contributed by atoms with Crippen LogP contribution in [-0.4, -0.2) is 36.4 Å². The molecular weight excluding hydrogens is 390 g/mol. The lowest BCUT2D eigenvalue weighted by Gasteiger charge is -2.24. The standard InChI is InChI=1S/C19H18ClNO5S/c1-24-13-8-4-6-11(18(13)25-2)17-10-5-3-7-12(20)16(10)21-19(27)14(26-17)9-15(22)23/h3-8,14,17H,9H2,1-2H3,(H,21,27)(H,22,23)/t14-,17+/m1/s1. The predicted octanol–water partition coefficient (Wildman–Crippen LogP) is 4.06. The number of methoxy groups -OCH3 is 2. The maximum atomic E-state index is 11.3. The molecule has 0 radical (unpaired) electrons. The van der Waals surface area contributed by atoms with Crippen molar-refractivity contribution in [1.82, 2.24) is 0 Å². The summed E-state index contributed by atoms with van der Waals surface area (Å²) in [4.78, 5) is 11.6. The Morgan fingerprint density at radius 2 is 1.93 bits per heavy atom. The molecule has 0 aliphatic carbocycles. The summed E-state index contributed by atoms with van der Waals surface area (Å²) in [6.07, 6.45) is -1.76. The summed E-state index contributed by atoms with van der Waals surface area (Å²) >= 11 is 11.7. The molecule has 0 saturated carbocycles. The molecule has 6 nitrogen and oxygen atoms in total. The molecule has 0 fully saturated rings. The number of aliphatic carboxylic acids is 1. The quantitative estimate of drug-likeness (QED) is 0.723. The van der Waals surface area contributed by atoms with Gasteiger partial charge in [-0.1, -0.05) is 48.1 Å². The van der Waals surface area contributed by atoms with Gasteiger partial charge in [-0.2, -0.15) is 0 Å². The molecule has 2 aromatic carbocycles. The second kappa shape index (κ2) is 8.12. The van der Waals surface area contributed by atoms with Crippen LogP contribution >= 0.6 is 23.8 Å². The number of thiocarbonyl (C=S) groups is 1. The van der Waals surface area contributed by atoms with Gasteiger partial charge in [-0.25, -0.2) is 0 Å². The summed E-state index contributed by atoms with van der Waals surface area (Å²) < 4.78 is 17.1. The largest absolute Gasteiger partial charge is 0.493 e. The molecule has 1 heterocycles. The van der Waals surface area contributed by atoms with Crippen molar-refractivity contribution in [2.24, 2.45) is 0 Å². The number of carbonyl (C=O) groups is 1. The van der Waals surface area contributed by atoms with Crippen molar-refractivity contribution in [2.75, 3.05) is 19.5 Å². The fourth-order valence-corrected chi connectivity index (χ4v) is 3.52. The molecule has 0 bridgehead atoms. The van der Waals surface area contributed by atoms with Gasteiger partial charge in [-0.3, -0.25) is 4.79 Å². The Kier molecular flexibility index (Phi) is 5.84. The molecule has 1 aliphatic heterocycles. The van der Waals surface area contributed by atoms with Gasteiger partial charge in [0.2, 0.25) is 0 Å². The lowest BCUT2D eigenvalue weighted by molar-refractivity contribution is -0.139. The zero-order valence-electron chi connectivity index (χ0n) is 14.7. The summed E-state index contributed by atoms with van der Waals surface area (Å²) in [7, 11) is 3.08. The van der Waals surface area contributed by atoms with Crippen LogP contribution in [0.2, 0.25) is 5.02 Å². The van der Waals surface area contributed by atoms with Crippen LogP contribution < -0.4 is 14.8 Å². The molecular formula is C19H18ClNO5S. The van der Waals surface area contributed by atoms with E-state index < -0.39 is 18.2 Å². The number of rotatable bonds is 5. The average Bonchev–Trinajstić information content (AvgIpc) is 2.78. The second-order valence-electron chi connectivity index (χ2n) is 5.88. The number of nitrogens with one attached hydrogen (secondary N) is 1. The number of ether oxygens (including phenoxy) is 3. The zero-order chi connectivity index (χ0) is 19.6. The van der Waals surface area contributed by atoms with Crippen molar-refractivity contribution in [2.45, 2.75) is 18.6 Å². The number of carboxylic acid groups (broad SMARTS) is 1. The number of benzene rings is 2. The lowest BCUT2D eigenvalue weighted by atomic mass is 9.98. The van der Waals surface area contributed by atoms with Crippen molar-refractivity contribution in [1.29, 1.82) is 0 Å². The lowest BCUT2D eigenvalue weighted by Crippen LogP contribution is -2.30. The predicted molar refractivity (Wildman–Crippen MR) is 106 cm³/mol. The smallest absolute Gasteiger partial charge is 0.306 e. The molecule has 1 aliphatic rings. The zero-order valence-corrected chi connectivity index (χ0v) is 16.3. The Labute approximate surface area is 167 Å². The molecule has 2 atom stereocenters. The summed E-state index contributed by atoms with van der Waals surface area (Å²) in [5, 5.41) is 12.8. The van der Waals surface area contributed by atoms with E-state index in [0.717, 1.165) is 5.56 Å². The van der Waals surface area contributed by atoms with Crippen LogP contribution in [0.5, 0.6) is 11.5 Å². The average molecular weight is 408 g/mol. The molecule has 0 unspecified atom stereocenters. The number of fused-ring (bicyclic) bond motifs is 1. The molecule has 0 spiro atoms. The molecule has 0 aromatic heterocycles. The Balaban J connectivity index is 2.19. The number of para-hydroxylation sites is 2. The van der Waals surface area contributed by atoms with Crippen LogP contribution in [0.4, 0.5) is 5.69 Å². The molecule has 27 heavy (non-hydrogen) atoms. The minimum Gasteiger partial charge on any atom is -0.493 e. The molecule has 3 rings (SSSR count). The van der Waals surface area contributed by atoms with E-state index in [1.54, 1.807) is 25.3 Å². The molecule has 2 aromatic rings. The third-order valence-electron chi connectivity index (χ3n) is 4.25. The summed E-state index contributed by atoms with van der Waals surface area (Å²) in [6, 6.07) is 10.8. The maximum absolute atomic E-state index is 11.3. The Morgan fingerprint density at radius 3 is 2.59 bits per heavy atom. The SMILES string of the molecule is COc1cccc([C@H]2O[C@H](CC(=O)O)C(=S)Nc3c(Cl)cccc32)c1OC. The first-order valence-electron chi connectivity index (χ1n) is 8.13. The molecule has 142 valence electrons. The van der Waals surface area contributed by atoms with Gasteiger partial charge < -0.3 is 24.6 Å². The van der Waals surface area contributed by atoms with Gasteiger partial charge in [0.1, 0.15) is 17.2 Å². The van der Waals surface area contributed by atoms with Crippen LogP contribution in [0.3, 0.4) is 0 Å². The van der Waals surface area contributed by atoms with Gasteiger partial charge in [0.05, 0.1) is 31.4 Å². The number of halogens is 1. The molecule has 8 heteroatoms. The van der Waals surface area contributed by atoms with Gasteiger partial charge in [-0.05, 0) is 12.1 Å². The first kappa shape index (κ1) is 19.4. The highest BCUT2D eigenvalue weighted by Crippen LogP contribution is 2.44. The van der Waals surface area contributed by atoms with E-state index in [0.29, 0.717) is 27.8 Å². The van der Waals surface area contributed by atoms with Gasteiger partial charge in [0.25, 0.3) is 0 Å². The number of hydrogen-bond donors (Lipinski definition) is 2. The second-order valence-corrected chi connectivity index (χ2v) is 6.73. The minimum atomic E-state index is -1.02. The van der Waals surface area contributed by atoms with Crippen molar-refractivity contribution < 1.29 is 24.1 Å². The van der Waals surface area contributed by atoms with Crippen molar-refractivity contribution >= 4 is 40.5 Å². The van der Waals surface area contributed by atoms with E-state index in [1.807, 2.05) is 18.2 Å². The van der Waals surface area contributed by atoms with Crippen LogP contribution in [-0.2, 0) is 9.53 Å². The van der Waals surface area contributed by atoms with E-state index in [9.17, 15) is 9.90 Å². The number of hydrogen-bond acceptors (Lipinski definition) is 5. The van der Waals surface area contributed by atoms with E-state index in [1.165, 1.54) is 7.11 Å². The fourth-order valence-electron chi connectivity index (χ4n) is 3.05. The number of anilines is 1. The van der Waals surface area contributed by atoms with E-state index >= 15 is 0 Å².